The van der Waals surface area contributed by atoms with Crippen LogP contribution in [0.4, 0.5) is 0 Å². The van der Waals surface area contributed by atoms with E-state index < -0.39 is 18.0 Å². The molecule has 0 unspecified atom stereocenters. The molecule has 1 fully saturated rings. The van der Waals surface area contributed by atoms with Crippen LogP contribution in [0.15, 0.2) is 24.3 Å². The van der Waals surface area contributed by atoms with E-state index in [2.05, 4.69) is 10.6 Å². The Morgan fingerprint density at radius 1 is 1.14 bits per heavy atom. The highest BCUT2D eigenvalue weighted by atomic mass is 16.4. The molecule has 1 atom stereocenters. The minimum Gasteiger partial charge on any atom is -0.480 e. The summed E-state index contributed by atoms with van der Waals surface area (Å²) in [6, 6.07) is 6.17. The van der Waals surface area contributed by atoms with Crippen LogP contribution in [0.25, 0.3) is 0 Å². The molecule has 0 radical (unpaired) electrons. The average Bonchev–Trinajstić information content (AvgIpc) is 2.67. The minimum atomic E-state index is -1.08. The highest BCUT2D eigenvalue weighted by molar-refractivity contribution is 5.94. The molecule has 1 amide bonds. The summed E-state index contributed by atoms with van der Waals surface area (Å²) < 4.78 is 0. The summed E-state index contributed by atoms with van der Waals surface area (Å²) >= 11 is 0. The van der Waals surface area contributed by atoms with Gasteiger partial charge in [-0.3, -0.25) is 15.0 Å². The third kappa shape index (κ3) is 10.2. The number of nitrogens with one attached hydrogen (secondary N) is 3. The molecule has 0 aliphatic heterocycles. The number of carboxylic acid groups (broad SMARTS) is 2. The van der Waals surface area contributed by atoms with Crippen molar-refractivity contribution in [3.05, 3.63) is 35.4 Å². The number of carbonyl (C=O) groups is 3. The van der Waals surface area contributed by atoms with Gasteiger partial charge in [-0.15, -0.1) is 0 Å². The maximum Gasteiger partial charge on any atom is 0.326 e. The average molecular weight is 406 g/mol. The van der Waals surface area contributed by atoms with Crippen molar-refractivity contribution in [2.45, 2.75) is 57.5 Å². The molecule has 1 saturated carbocycles. The molecule has 0 bridgehead atoms. The van der Waals surface area contributed by atoms with Crippen molar-refractivity contribution in [1.82, 2.24) is 10.6 Å². The second-order valence-electron chi connectivity index (χ2n) is 7.02. The number of carbonyl (C=O) groups excluding carboxylic acids is 1. The predicted molar refractivity (Wildman–Crippen MR) is 109 cm³/mol. The van der Waals surface area contributed by atoms with E-state index in [4.69, 9.17) is 21.4 Å². The number of hydrogen-bond donors (Lipinski definition) is 6. The number of rotatable bonds is 8. The molecule has 29 heavy (non-hydrogen) atoms. The molecule has 1 aliphatic rings. The number of carboxylic acids is 2. The minimum absolute atomic E-state index is 0.0433. The zero-order valence-corrected chi connectivity index (χ0v) is 16.6. The summed E-state index contributed by atoms with van der Waals surface area (Å²) in [5.74, 6) is -2.27. The van der Waals surface area contributed by atoms with E-state index in [9.17, 15) is 14.4 Å². The number of nitrogens with two attached hydrogens (primary N) is 1. The number of amidine groups is 1. The first-order chi connectivity index (χ1) is 13.7. The van der Waals surface area contributed by atoms with Crippen LogP contribution < -0.4 is 16.4 Å². The van der Waals surface area contributed by atoms with Crippen molar-refractivity contribution in [3.63, 3.8) is 0 Å². The molecule has 1 aromatic rings. The first kappa shape index (κ1) is 24.1. The molecule has 7 N–H and O–H groups in total. The van der Waals surface area contributed by atoms with Crippen LogP contribution in [0.1, 0.15) is 50.2 Å². The van der Waals surface area contributed by atoms with Gasteiger partial charge in [0.05, 0.1) is 6.54 Å². The Kier molecular flexibility index (Phi) is 10.4. The van der Waals surface area contributed by atoms with Gasteiger partial charge in [0.1, 0.15) is 11.9 Å². The lowest BCUT2D eigenvalue weighted by molar-refractivity contribution is -0.141. The van der Waals surface area contributed by atoms with Gasteiger partial charge in [-0.2, -0.15) is 0 Å². The van der Waals surface area contributed by atoms with Crippen molar-refractivity contribution < 1.29 is 24.6 Å². The second kappa shape index (κ2) is 12.5. The van der Waals surface area contributed by atoms with Gasteiger partial charge in [-0.1, -0.05) is 43.5 Å². The van der Waals surface area contributed by atoms with Crippen LogP contribution in [0.5, 0.6) is 0 Å². The Labute approximate surface area is 170 Å². The molecular formula is C20H30N4O5. The Balaban J connectivity index is 0.000000326. The third-order valence-corrected chi connectivity index (χ3v) is 4.53. The fraction of sp³-hybridized carbons (Fsp3) is 0.500. The highest BCUT2D eigenvalue weighted by Crippen LogP contribution is 2.16. The lowest BCUT2D eigenvalue weighted by Crippen LogP contribution is -2.41. The summed E-state index contributed by atoms with van der Waals surface area (Å²) in [4.78, 5) is 32.0. The zero-order valence-electron chi connectivity index (χ0n) is 16.6. The van der Waals surface area contributed by atoms with Crippen molar-refractivity contribution in [1.29, 1.82) is 5.41 Å². The smallest absolute Gasteiger partial charge is 0.326 e. The number of aliphatic carboxylic acids is 2. The van der Waals surface area contributed by atoms with Crippen LogP contribution >= 0.6 is 0 Å². The topological polar surface area (TPSA) is 166 Å². The van der Waals surface area contributed by atoms with Crippen LogP contribution in [0.3, 0.4) is 0 Å². The Morgan fingerprint density at radius 3 is 2.17 bits per heavy atom. The van der Waals surface area contributed by atoms with Crippen LogP contribution in [-0.4, -0.2) is 52.5 Å². The molecule has 9 nitrogen and oxygen atoms in total. The van der Waals surface area contributed by atoms with Gasteiger partial charge in [-0.05, 0) is 18.4 Å². The van der Waals surface area contributed by atoms with Gasteiger partial charge in [-0.25, -0.2) is 4.79 Å². The van der Waals surface area contributed by atoms with Crippen LogP contribution in [0, 0.1) is 5.41 Å². The van der Waals surface area contributed by atoms with E-state index in [-0.39, 0.29) is 24.7 Å². The lowest BCUT2D eigenvalue weighted by atomic mass is 9.96. The zero-order chi connectivity index (χ0) is 21.8. The molecular weight excluding hydrogens is 376 g/mol. The van der Waals surface area contributed by atoms with Gasteiger partial charge in [0.2, 0.25) is 5.91 Å². The first-order valence-electron chi connectivity index (χ1n) is 9.57. The molecule has 0 aromatic heterocycles. The van der Waals surface area contributed by atoms with Gasteiger partial charge in [0, 0.05) is 24.9 Å². The molecule has 0 saturated heterocycles. The van der Waals surface area contributed by atoms with Gasteiger partial charge in [0.25, 0.3) is 0 Å². The van der Waals surface area contributed by atoms with Crippen molar-refractivity contribution in [3.8, 4) is 0 Å². The molecule has 0 heterocycles. The molecule has 0 spiro atoms. The lowest BCUT2D eigenvalue weighted by Gasteiger charge is -2.21. The standard InChI is InChI=1S/C12H15N3O3.C8H15NO2/c1-7(16)15-10(12(17)18)6-8-2-4-9(5-3-8)11(13)14;10-8(11)6-9-7-4-2-1-3-5-7/h2-5,10H,6H2,1H3,(H3,13,14)(H,15,16)(H,17,18);7,9H,1-6H2,(H,10,11)/t10-;/m0./s1. The summed E-state index contributed by atoms with van der Waals surface area (Å²) in [5, 5.41) is 30.0. The molecule has 9 heteroatoms. The van der Waals surface area contributed by atoms with Crippen molar-refractivity contribution >= 4 is 23.7 Å². The Hall–Kier alpha value is -2.94. The Bertz CT molecular complexity index is 699. The maximum absolute atomic E-state index is 10.9. The summed E-state index contributed by atoms with van der Waals surface area (Å²) in [7, 11) is 0. The highest BCUT2D eigenvalue weighted by Gasteiger charge is 2.18. The third-order valence-electron chi connectivity index (χ3n) is 4.53. The fourth-order valence-electron chi connectivity index (χ4n) is 3.04. The number of hydrogen-bond acceptors (Lipinski definition) is 5. The van der Waals surface area contributed by atoms with E-state index >= 15 is 0 Å². The quantitative estimate of drug-likeness (QED) is 0.278. The SMILES string of the molecule is CC(=O)N[C@@H](Cc1ccc(C(=N)N)cc1)C(=O)O.O=C(O)CNC1CCCCC1. The summed E-state index contributed by atoms with van der Waals surface area (Å²) in [6.07, 6.45) is 6.29. The summed E-state index contributed by atoms with van der Waals surface area (Å²) in [5.41, 5.74) is 6.64. The largest absolute Gasteiger partial charge is 0.480 e. The summed E-state index contributed by atoms with van der Waals surface area (Å²) in [6.45, 7) is 1.39. The normalized spacial score (nSPS) is 14.8. The van der Waals surface area contributed by atoms with E-state index in [1.165, 1.54) is 26.2 Å². The van der Waals surface area contributed by atoms with Gasteiger partial charge >= 0.3 is 11.9 Å². The fourth-order valence-corrected chi connectivity index (χ4v) is 3.04. The van der Waals surface area contributed by atoms with E-state index in [1.54, 1.807) is 24.3 Å². The molecule has 1 aromatic carbocycles. The van der Waals surface area contributed by atoms with Crippen LogP contribution in [0.2, 0.25) is 0 Å². The Morgan fingerprint density at radius 2 is 1.72 bits per heavy atom. The molecule has 160 valence electrons. The molecule has 2 rings (SSSR count). The monoisotopic (exact) mass is 406 g/mol. The number of amides is 1. The van der Waals surface area contributed by atoms with Gasteiger partial charge in [0.15, 0.2) is 0 Å². The van der Waals surface area contributed by atoms with E-state index in [1.807, 2.05) is 0 Å². The van der Waals surface area contributed by atoms with E-state index in [0.29, 0.717) is 11.6 Å². The predicted octanol–water partition coefficient (Wildman–Crippen LogP) is 1.10. The first-order valence-corrected chi connectivity index (χ1v) is 9.57. The van der Waals surface area contributed by atoms with Gasteiger partial charge < -0.3 is 26.6 Å². The molecule has 1 aliphatic carbocycles. The maximum atomic E-state index is 10.9. The van der Waals surface area contributed by atoms with E-state index in [0.717, 1.165) is 18.4 Å². The number of benzene rings is 1. The number of nitrogen functional groups attached to an aromatic ring is 1. The van der Waals surface area contributed by atoms with Crippen LogP contribution in [-0.2, 0) is 20.8 Å². The van der Waals surface area contributed by atoms with Crippen molar-refractivity contribution in [2.75, 3.05) is 6.54 Å². The second-order valence-corrected chi connectivity index (χ2v) is 7.02. The van der Waals surface area contributed by atoms with Crippen molar-refractivity contribution in [2.24, 2.45) is 5.73 Å².